The number of alkyl halides is 3. The topological polar surface area (TPSA) is 59.9 Å². The predicted octanol–water partition coefficient (Wildman–Crippen LogP) is 2.55. The summed E-state index contributed by atoms with van der Waals surface area (Å²) in [4.78, 5) is 10.9. The number of halogens is 3. The van der Waals surface area contributed by atoms with Gasteiger partial charge in [0.15, 0.2) is 0 Å². The van der Waals surface area contributed by atoms with Gasteiger partial charge in [0.2, 0.25) is 0 Å². The lowest BCUT2D eigenvalue weighted by atomic mass is 10.3. The van der Waals surface area contributed by atoms with E-state index < -0.39 is 12.3 Å². The molecule has 0 aliphatic carbocycles. The predicted molar refractivity (Wildman–Crippen MR) is 61.9 cm³/mol. The van der Waals surface area contributed by atoms with Crippen LogP contribution in [0.4, 0.5) is 18.9 Å². The molecule has 0 aromatic heterocycles. The molecule has 5 nitrogen and oxygen atoms in total. The molecule has 0 saturated heterocycles. The van der Waals surface area contributed by atoms with Gasteiger partial charge in [-0.25, -0.2) is 4.79 Å². The third-order valence-corrected chi connectivity index (χ3v) is 1.74. The van der Waals surface area contributed by atoms with E-state index in [1.165, 1.54) is 12.1 Å². The molecule has 0 fully saturated rings. The number of ether oxygens (including phenoxy) is 2. The van der Waals surface area contributed by atoms with Crippen LogP contribution in [0, 0.1) is 0 Å². The van der Waals surface area contributed by atoms with Crippen LogP contribution >= 0.6 is 0 Å². The van der Waals surface area contributed by atoms with Crippen LogP contribution in [0.5, 0.6) is 5.75 Å². The number of hydrogen-bond donors (Lipinski definition) is 1. The van der Waals surface area contributed by atoms with Crippen molar-refractivity contribution in [3.63, 3.8) is 0 Å². The zero-order valence-corrected chi connectivity index (χ0v) is 9.90. The fourth-order valence-electron chi connectivity index (χ4n) is 1.07. The first kappa shape index (κ1) is 14.8. The number of hydrazone groups is 1. The molecule has 0 bridgehead atoms. The minimum absolute atomic E-state index is 0.230. The molecule has 0 heterocycles. The molecule has 0 radical (unpaired) electrons. The summed E-state index contributed by atoms with van der Waals surface area (Å²) < 4.78 is 44.0. The normalized spacial score (nSPS) is 11.4. The summed E-state index contributed by atoms with van der Waals surface area (Å²) in [7, 11) is 0. The van der Waals surface area contributed by atoms with Gasteiger partial charge in [-0.3, -0.25) is 5.43 Å². The molecule has 0 unspecified atom stereocenters. The van der Waals surface area contributed by atoms with Gasteiger partial charge in [-0.1, -0.05) is 0 Å². The molecule has 1 N–H and O–H groups in total. The van der Waals surface area contributed by atoms with E-state index in [2.05, 4.69) is 20.0 Å². The first-order valence-electron chi connectivity index (χ1n) is 5.22. The van der Waals surface area contributed by atoms with Crippen molar-refractivity contribution >= 4 is 17.9 Å². The largest absolute Gasteiger partial charge is 0.573 e. The summed E-state index contributed by atoms with van der Waals surface area (Å²) in [5.41, 5.74) is 2.85. The maximum absolute atomic E-state index is 11.9. The second-order valence-corrected chi connectivity index (χ2v) is 3.19. The van der Waals surface area contributed by atoms with Gasteiger partial charge in [0.1, 0.15) is 12.0 Å². The summed E-state index contributed by atoms with van der Waals surface area (Å²) in [6, 6.07) is 4.89. The average Bonchev–Trinajstić information content (AvgIpc) is 2.30. The van der Waals surface area contributed by atoms with Crippen LogP contribution in [0.25, 0.3) is 0 Å². The molecule has 0 amide bonds. The van der Waals surface area contributed by atoms with Crippen LogP contribution in [0.1, 0.15) is 6.92 Å². The summed E-state index contributed by atoms with van der Waals surface area (Å²) in [6.07, 6.45) is -3.80. The quantitative estimate of drug-likeness (QED) is 0.510. The van der Waals surface area contributed by atoms with Crippen molar-refractivity contribution in [3.05, 3.63) is 24.3 Å². The summed E-state index contributed by atoms with van der Waals surface area (Å²) in [6.45, 7) is 1.88. The van der Waals surface area contributed by atoms with Gasteiger partial charge >= 0.3 is 12.3 Å². The van der Waals surface area contributed by atoms with Gasteiger partial charge in [-0.05, 0) is 31.2 Å². The molecular formula is C11H11F3N2O3. The third kappa shape index (κ3) is 6.29. The minimum atomic E-state index is -4.73. The second kappa shape index (κ2) is 6.62. The Balaban J connectivity index is 2.51. The van der Waals surface area contributed by atoms with Crippen LogP contribution in [0.3, 0.4) is 0 Å². The first-order valence-corrected chi connectivity index (χ1v) is 5.22. The van der Waals surface area contributed by atoms with E-state index in [1.807, 2.05) is 0 Å². The standard InChI is InChI=1S/C11H11F3N2O3/c1-2-18-10(17)7-15-16-8-3-5-9(6-4-8)19-11(12,13)14/h3-7,16H,2H2,1H3/b15-7+. The molecule has 0 spiro atoms. The van der Waals surface area contributed by atoms with E-state index in [0.717, 1.165) is 18.3 Å². The van der Waals surface area contributed by atoms with E-state index in [0.29, 0.717) is 5.69 Å². The average molecular weight is 276 g/mol. The fourth-order valence-corrected chi connectivity index (χ4v) is 1.07. The maximum atomic E-state index is 11.9. The third-order valence-electron chi connectivity index (χ3n) is 1.74. The maximum Gasteiger partial charge on any atom is 0.573 e. The molecule has 1 aromatic carbocycles. The number of carbonyl (C=O) groups is 1. The number of hydrogen-bond acceptors (Lipinski definition) is 5. The fraction of sp³-hybridized carbons (Fsp3) is 0.273. The Kier molecular flexibility index (Phi) is 5.16. The first-order chi connectivity index (χ1) is 8.90. The number of carbonyl (C=O) groups excluding carboxylic acids is 1. The lowest BCUT2D eigenvalue weighted by Gasteiger charge is -2.08. The van der Waals surface area contributed by atoms with Crippen molar-refractivity contribution < 1.29 is 27.4 Å². The number of nitrogens with one attached hydrogen (secondary N) is 1. The van der Waals surface area contributed by atoms with Gasteiger partial charge in [-0.15, -0.1) is 13.2 Å². The zero-order valence-electron chi connectivity index (χ0n) is 9.90. The highest BCUT2D eigenvalue weighted by Crippen LogP contribution is 2.23. The highest BCUT2D eigenvalue weighted by Gasteiger charge is 2.30. The number of nitrogens with zero attached hydrogens (tertiary/aromatic N) is 1. The lowest BCUT2D eigenvalue weighted by molar-refractivity contribution is -0.274. The van der Waals surface area contributed by atoms with Crippen molar-refractivity contribution in [1.82, 2.24) is 0 Å². The van der Waals surface area contributed by atoms with Crippen molar-refractivity contribution in [1.29, 1.82) is 0 Å². The van der Waals surface area contributed by atoms with Crippen LogP contribution < -0.4 is 10.2 Å². The zero-order chi connectivity index (χ0) is 14.3. The Bertz CT molecular complexity index is 443. The Morgan fingerprint density at radius 1 is 1.37 bits per heavy atom. The molecule has 1 rings (SSSR count). The SMILES string of the molecule is CCOC(=O)/C=N/Nc1ccc(OC(F)(F)F)cc1. The van der Waals surface area contributed by atoms with E-state index >= 15 is 0 Å². The van der Waals surface area contributed by atoms with Crippen LogP contribution in [-0.4, -0.2) is 25.2 Å². The monoisotopic (exact) mass is 276 g/mol. The molecule has 0 aliphatic heterocycles. The number of rotatable bonds is 5. The molecule has 0 saturated carbocycles. The van der Waals surface area contributed by atoms with Gasteiger partial charge in [0.25, 0.3) is 0 Å². The van der Waals surface area contributed by atoms with Gasteiger partial charge in [0.05, 0.1) is 12.3 Å². The second-order valence-electron chi connectivity index (χ2n) is 3.19. The Hall–Kier alpha value is -2.25. The van der Waals surface area contributed by atoms with Gasteiger partial charge in [0, 0.05) is 0 Å². The van der Waals surface area contributed by atoms with Gasteiger partial charge in [-0.2, -0.15) is 5.10 Å². The summed E-state index contributed by atoms with van der Waals surface area (Å²) >= 11 is 0. The van der Waals surface area contributed by atoms with E-state index in [1.54, 1.807) is 6.92 Å². The molecule has 8 heteroatoms. The number of anilines is 1. The van der Waals surface area contributed by atoms with Crippen molar-refractivity contribution in [2.75, 3.05) is 12.0 Å². The summed E-state index contributed by atoms with van der Waals surface area (Å²) in [5.74, 6) is -0.959. The molecular weight excluding hydrogens is 265 g/mol. The van der Waals surface area contributed by atoms with Crippen LogP contribution in [-0.2, 0) is 9.53 Å². The Morgan fingerprint density at radius 2 is 2.00 bits per heavy atom. The van der Waals surface area contributed by atoms with Gasteiger partial charge < -0.3 is 9.47 Å². The van der Waals surface area contributed by atoms with Crippen LogP contribution in [0.2, 0.25) is 0 Å². The number of esters is 1. The number of benzene rings is 1. The summed E-state index contributed by atoms with van der Waals surface area (Å²) in [5, 5.41) is 3.55. The highest BCUT2D eigenvalue weighted by atomic mass is 19.4. The minimum Gasteiger partial charge on any atom is -0.462 e. The molecule has 1 aromatic rings. The van der Waals surface area contributed by atoms with Crippen molar-refractivity contribution in [3.8, 4) is 5.75 Å². The van der Waals surface area contributed by atoms with Crippen molar-refractivity contribution in [2.45, 2.75) is 13.3 Å². The molecule has 0 aliphatic rings. The molecule has 0 atom stereocenters. The Morgan fingerprint density at radius 3 is 2.53 bits per heavy atom. The molecule has 19 heavy (non-hydrogen) atoms. The van der Waals surface area contributed by atoms with E-state index in [4.69, 9.17) is 0 Å². The molecule has 104 valence electrons. The smallest absolute Gasteiger partial charge is 0.462 e. The van der Waals surface area contributed by atoms with Crippen LogP contribution in [0.15, 0.2) is 29.4 Å². The van der Waals surface area contributed by atoms with Crippen molar-refractivity contribution in [2.24, 2.45) is 5.10 Å². The van der Waals surface area contributed by atoms with E-state index in [9.17, 15) is 18.0 Å². The van der Waals surface area contributed by atoms with E-state index in [-0.39, 0.29) is 12.4 Å². The Labute approximate surface area is 107 Å². The highest BCUT2D eigenvalue weighted by molar-refractivity contribution is 6.23. The lowest BCUT2D eigenvalue weighted by Crippen LogP contribution is -2.16.